The number of nitriles is 1. The fourth-order valence-corrected chi connectivity index (χ4v) is 3.07. The van der Waals surface area contributed by atoms with Crippen LogP contribution in [0.4, 0.5) is 0 Å². The van der Waals surface area contributed by atoms with Crippen LogP contribution in [0.1, 0.15) is 27.8 Å². The second kappa shape index (κ2) is 6.45. The van der Waals surface area contributed by atoms with Gasteiger partial charge in [0.25, 0.3) is 0 Å². The Morgan fingerprint density at radius 2 is 1.89 bits per heavy atom. The lowest BCUT2D eigenvalue weighted by Crippen LogP contribution is -1.89. The quantitative estimate of drug-likeness (QED) is 0.807. The summed E-state index contributed by atoms with van der Waals surface area (Å²) < 4.78 is 0. The van der Waals surface area contributed by atoms with E-state index in [-0.39, 0.29) is 0 Å². The molecule has 2 rings (SSSR count). The van der Waals surface area contributed by atoms with Gasteiger partial charge in [0.1, 0.15) is 0 Å². The van der Waals surface area contributed by atoms with Crippen molar-refractivity contribution in [3.63, 3.8) is 0 Å². The Hall–Kier alpha value is -1.72. The van der Waals surface area contributed by atoms with Gasteiger partial charge in [-0.25, -0.2) is 0 Å². The monoisotopic (exact) mass is 267 g/mol. The van der Waals surface area contributed by atoms with Gasteiger partial charge in [-0.15, -0.1) is 0 Å². The van der Waals surface area contributed by atoms with Crippen LogP contribution in [0, 0.1) is 25.2 Å². The van der Waals surface area contributed by atoms with Crippen LogP contribution < -0.4 is 0 Å². The van der Waals surface area contributed by atoms with Gasteiger partial charge in [0, 0.05) is 11.5 Å². The van der Waals surface area contributed by atoms with E-state index in [4.69, 9.17) is 5.26 Å². The number of aryl methyl sites for hydroxylation is 2. The molecular formula is C17H17NS. The number of benzene rings is 2. The molecule has 0 saturated heterocycles. The first-order valence-electron chi connectivity index (χ1n) is 6.32. The van der Waals surface area contributed by atoms with Crippen molar-refractivity contribution in [2.24, 2.45) is 0 Å². The van der Waals surface area contributed by atoms with Crippen molar-refractivity contribution in [2.45, 2.75) is 25.4 Å². The molecule has 2 heteroatoms. The first kappa shape index (κ1) is 13.7. The van der Waals surface area contributed by atoms with Crippen molar-refractivity contribution < 1.29 is 0 Å². The van der Waals surface area contributed by atoms with Crippen molar-refractivity contribution in [3.8, 4) is 6.07 Å². The molecule has 1 nitrogen and oxygen atoms in total. The van der Waals surface area contributed by atoms with Crippen LogP contribution in [0.3, 0.4) is 0 Å². The summed E-state index contributed by atoms with van der Waals surface area (Å²) >= 11 is 1.91. The number of hydrogen-bond acceptors (Lipinski definition) is 2. The van der Waals surface area contributed by atoms with Gasteiger partial charge in [0.2, 0.25) is 0 Å². The van der Waals surface area contributed by atoms with Crippen LogP contribution in [-0.2, 0) is 11.5 Å². The first-order valence-corrected chi connectivity index (χ1v) is 7.47. The van der Waals surface area contributed by atoms with Crippen molar-refractivity contribution in [1.82, 2.24) is 0 Å². The normalized spacial score (nSPS) is 10.2. The molecule has 0 aromatic heterocycles. The van der Waals surface area contributed by atoms with E-state index in [1.54, 1.807) is 0 Å². The zero-order valence-corrected chi connectivity index (χ0v) is 12.1. The van der Waals surface area contributed by atoms with E-state index in [0.717, 1.165) is 17.1 Å². The van der Waals surface area contributed by atoms with Gasteiger partial charge in [0.05, 0.1) is 11.6 Å². The van der Waals surface area contributed by atoms with E-state index >= 15 is 0 Å². The van der Waals surface area contributed by atoms with Crippen molar-refractivity contribution in [3.05, 3.63) is 70.3 Å². The lowest BCUT2D eigenvalue weighted by Gasteiger charge is -2.06. The first-order chi connectivity index (χ1) is 9.19. The Bertz CT molecular complexity index is 611. The minimum Gasteiger partial charge on any atom is -0.192 e. The summed E-state index contributed by atoms with van der Waals surface area (Å²) in [7, 11) is 0. The molecular weight excluding hydrogens is 250 g/mol. The maximum absolute atomic E-state index is 8.85. The summed E-state index contributed by atoms with van der Waals surface area (Å²) in [6.45, 7) is 4.20. The minimum absolute atomic E-state index is 0.741. The Morgan fingerprint density at radius 1 is 1.05 bits per heavy atom. The summed E-state index contributed by atoms with van der Waals surface area (Å²) in [5.41, 5.74) is 5.95. The summed E-state index contributed by atoms with van der Waals surface area (Å²) in [6, 6.07) is 16.7. The molecule has 0 unspecified atom stereocenters. The molecule has 0 amide bonds. The van der Waals surface area contributed by atoms with Gasteiger partial charge in [-0.2, -0.15) is 17.0 Å². The number of thioether (sulfide) groups is 1. The van der Waals surface area contributed by atoms with E-state index in [1.807, 2.05) is 23.9 Å². The summed E-state index contributed by atoms with van der Waals surface area (Å²) in [6.07, 6.45) is 0. The maximum Gasteiger partial charge on any atom is 0.0991 e. The molecule has 19 heavy (non-hydrogen) atoms. The lowest BCUT2D eigenvalue weighted by molar-refractivity contribution is 1.28. The minimum atomic E-state index is 0.741. The molecule has 0 aliphatic heterocycles. The molecule has 2 aromatic carbocycles. The van der Waals surface area contributed by atoms with Crippen molar-refractivity contribution in [1.29, 1.82) is 5.26 Å². The van der Waals surface area contributed by atoms with E-state index < -0.39 is 0 Å². The predicted octanol–water partition coefficient (Wildman–Crippen LogP) is 4.61. The standard InChI is InChI=1S/C17H17NS/c1-13-4-3-5-16(8-13)11-19-12-17-7-6-15(10-18)9-14(17)2/h3-9H,11-12H2,1-2H3. The van der Waals surface area contributed by atoms with Crippen molar-refractivity contribution in [2.75, 3.05) is 0 Å². The van der Waals surface area contributed by atoms with Gasteiger partial charge in [0.15, 0.2) is 0 Å². The van der Waals surface area contributed by atoms with Gasteiger partial charge >= 0.3 is 0 Å². The third-order valence-electron chi connectivity index (χ3n) is 3.08. The van der Waals surface area contributed by atoms with E-state index in [2.05, 4.69) is 50.2 Å². The smallest absolute Gasteiger partial charge is 0.0991 e. The van der Waals surface area contributed by atoms with Crippen LogP contribution in [0.2, 0.25) is 0 Å². The Kier molecular flexibility index (Phi) is 4.65. The van der Waals surface area contributed by atoms with Crippen LogP contribution in [-0.4, -0.2) is 0 Å². The molecule has 96 valence electrons. The topological polar surface area (TPSA) is 23.8 Å². The van der Waals surface area contributed by atoms with E-state index in [9.17, 15) is 0 Å². The van der Waals surface area contributed by atoms with Crippen LogP contribution in [0.15, 0.2) is 42.5 Å². The SMILES string of the molecule is Cc1cccc(CSCc2ccc(C#N)cc2C)c1. The molecule has 0 aliphatic rings. The largest absolute Gasteiger partial charge is 0.192 e. The number of rotatable bonds is 4. The number of hydrogen-bond donors (Lipinski definition) is 0. The van der Waals surface area contributed by atoms with Gasteiger partial charge in [-0.05, 0) is 42.7 Å². The second-order valence-electron chi connectivity index (χ2n) is 4.73. The van der Waals surface area contributed by atoms with Crippen LogP contribution in [0.5, 0.6) is 0 Å². The molecule has 0 N–H and O–H groups in total. The lowest BCUT2D eigenvalue weighted by atomic mass is 10.1. The predicted molar refractivity (Wildman–Crippen MR) is 82.1 cm³/mol. The highest BCUT2D eigenvalue weighted by Gasteiger charge is 2.01. The second-order valence-corrected chi connectivity index (χ2v) is 5.72. The fourth-order valence-electron chi connectivity index (χ4n) is 2.01. The van der Waals surface area contributed by atoms with Crippen LogP contribution in [0.25, 0.3) is 0 Å². The van der Waals surface area contributed by atoms with Crippen molar-refractivity contribution >= 4 is 11.8 Å². The molecule has 0 radical (unpaired) electrons. The molecule has 0 fully saturated rings. The highest BCUT2D eigenvalue weighted by atomic mass is 32.2. The highest BCUT2D eigenvalue weighted by molar-refractivity contribution is 7.97. The van der Waals surface area contributed by atoms with E-state index in [0.29, 0.717) is 0 Å². The summed E-state index contributed by atoms with van der Waals surface area (Å²) in [5.74, 6) is 2.02. The third-order valence-corrected chi connectivity index (χ3v) is 4.13. The number of nitrogens with zero attached hydrogens (tertiary/aromatic N) is 1. The molecule has 0 heterocycles. The Morgan fingerprint density at radius 3 is 2.58 bits per heavy atom. The molecule has 0 aliphatic carbocycles. The van der Waals surface area contributed by atoms with Gasteiger partial charge < -0.3 is 0 Å². The molecule has 0 bridgehead atoms. The zero-order chi connectivity index (χ0) is 13.7. The average Bonchev–Trinajstić information content (AvgIpc) is 2.40. The summed E-state index contributed by atoms with van der Waals surface area (Å²) in [4.78, 5) is 0. The Balaban J connectivity index is 1.94. The maximum atomic E-state index is 8.85. The average molecular weight is 267 g/mol. The molecule has 0 atom stereocenters. The highest BCUT2D eigenvalue weighted by Crippen LogP contribution is 2.21. The fraction of sp³-hybridized carbons (Fsp3) is 0.235. The molecule has 0 spiro atoms. The van der Waals surface area contributed by atoms with E-state index in [1.165, 1.54) is 22.3 Å². The Labute approximate surface area is 119 Å². The molecule has 2 aromatic rings. The third kappa shape index (κ3) is 3.87. The van der Waals surface area contributed by atoms with Gasteiger partial charge in [-0.3, -0.25) is 0 Å². The molecule has 0 saturated carbocycles. The summed E-state index contributed by atoms with van der Waals surface area (Å²) in [5, 5.41) is 8.85. The van der Waals surface area contributed by atoms with Gasteiger partial charge in [-0.1, -0.05) is 35.9 Å². The van der Waals surface area contributed by atoms with Crippen LogP contribution >= 0.6 is 11.8 Å². The zero-order valence-electron chi connectivity index (χ0n) is 11.3.